The minimum atomic E-state index is 0.212. The van der Waals surface area contributed by atoms with Gasteiger partial charge in [-0.1, -0.05) is 18.2 Å². The van der Waals surface area contributed by atoms with Gasteiger partial charge >= 0.3 is 0 Å². The molecule has 0 fully saturated rings. The van der Waals surface area contributed by atoms with Crippen molar-refractivity contribution >= 4 is 23.3 Å². The molecule has 0 radical (unpaired) electrons. The summed E-state index contributed by atoms with van der Waals surface area (Å²) >= 11 is 0. The largest absolute Gasteiger partial charge is 0.368 e. The second-order valence-electron chi connectivity index (χ2n) is 4.18. The Labute approximate surface area is 108 Å². The number of nitrogens with two attached hydrogens (primary N) is 1. The first kappa shape index (κ1) is 11.3. The fourth-order valence-corrected chi connectivity index (χ4v) is 2.02. The van der Waals surface area contributed by atoms with E-state index in [1.54, 1.807) is 30.1 Å². The normalized spacial score (nSPS) is 10.8. The van der Waals surface area contributed by atoms with Gasteiger partial charge < -0.3 is 5.73 Å². The number of carbonyl (C=O) groups is 1. The molecule has 6 heteroatoms. The number of nitrogen functional groups attached to an aromatic ring is 1. The Morgan fingerprint density at radius 1 is 1.37 bits per heavy atom. The first-order valence-corrected chi connectivity index (χ1v) is 5.70. The van der Waals surface area contributed by atoms with E-state index in [2.05, 4.69) is 15.1 Å². The van der Waals surface area contributed by atoms with Gasteiger partial charge in [-0.25, -0.2) is 9.67 Å². The molecule has 1 aromatic carbocycles. The average molecular weight is 253 g/mol. The van der Waals surface area contributed by atoms with Gasteiger partial charge in [0.2, 0.25) is 5.95 Å². The number of hydrogen-bond donors (Lipinski definition) is 1. The second-order valence-corrected chi connectivity index (χ2v) is 4.18. The van der Waals surface area contributed by atoms with E-state index in [4.69, 9.17) is 5.73 Å². The molecule has 0 aliphatic heterocycles. The van der Waals surface area contributed by atoms with Crippen molar-refractivity contribution in [1.29, 1.82) is 0 Å². The molecule has 2 aromatic heterocycles. The molecule has 0 aliphatic carbocycles. The lowest BCUT2D eigenvalue weighted by molar-refractivity contribution is 0.112. The van der Waals surface area contributed by atoms with Crippen LogP contribution < -0.4 is 5.73 Å². The molecule has 0 amide bonds. The van der Waals surface area contributed by atoms with Gasteiger partial charge in [0.1, 0.15) is 12.0 Å². The second kappa shape index (κ2) is 4.16. The van der Waals surface area contributed by atoms with Gasteiger partial charge in [0.15, 0.2) is 5.65 Å². The Hall–Kier alpha value is -2.76. The van der Waals surface area contributed by atoms with Crippen LogP contribution in [0, 0.1) is 0 Å². The minimum absolute atomic E-state index is 0.212. The van der Waals surface area contributed by atoms with Crippen LogP contribution in [0.2, 0.25) is 0 Å². The number of aldehydes is 1. The number of anilines is 1. The Balaban J connectivity index is 2.27. The summed E-state index contributed by atoms with van der Waals surface area (Å²) in [6.07, 6.45) is 2.46. The van der Waals surface area contributed by atoms with Crippen LogP contribution in [0.4, 0.5) is 5.95 Å². The number of nitrogens with zero attached hydrogens (tertiary/aromatic N) is 4. The Kier molecular flexibility index (Phi) is 2.49. The zero-order chi connectivity index (χ0) is 13.4. The molecule has 0 aliphatic rings. The van der Waals surface area contributed by atoms with Crippen molar-refractivity contribution in [2.75, 3.05) is 5.73 Å². The SMILES string of the molecule is Cn1nc(-c2cccc(C=O)c2)c2cnc(N)nc21. The van der Waals surface area contributed by atoms with Gasteiger partial charge in [0.25, 0.3) is 0 Å². The third-order valence-corrected chi connectivity index (χ3v) is 2.90. The molecule has 0 saturated heterocycles. The summed E-state index contributed by atoms with van der Waals surface area (Å²) in [6.45, 7) is 0. The van der Waals surface area contributed by atoms with Crippen molar-refractivity contribution in [3.63, 3.8) is 0 Å². The summed E-state index contributed by atoms with van der Waals surface area (Å²) in [5.74, 6) is 0.212. The third kappa shape index (κ3) is 1.83. The number of aryl methyl sites for hydroxylation is 1. The topological polar surface area (TPSA) is 86.7 Å². The van der Waals surface area contributed by atoms with Crippen molar-refractivity contribution in [2.45, 2.75) is 0 Å². The van der Waals surface area contributed by atoms with Crippen molar-refractivity contribution in [3.05, 3.63) is 36.0 Å². The summed E-state index contributed by atoms with van der Waals surface area (Å²) in [7, 11) is 1.79. The highest BCUT2D eigenvalue weighted by Crippen LogP contribution is 2.26. The quantitative estimate of drug-likeness (QED) is 0.698. The van der Waals surface area contributed by atoms with Crippen LogP contribution in [0.1, 0.15) is 10.4 Å². The molecule has 0 unspecified atom stereocenters. The van der Waals surface area contributed by atoms with Crippen LogP contribution in [-0.4, -0.2) is 26.0 Å². The van der Waals surface area contributed by atoms with E-state index in [0.717, 1.165) is 22.9 Å². The fourth-order valence-electron chi connectivity index (χ4n) is 2.02. The van der Waals surface area contributed by atoms with Crippen molar-refractivity contribution < 1.29 is 4.79 Å². The number of benzene rings is 1. The maximum Gasteiger partial charge on any atom is 0.222 e. The molecule has 3 aromatic rings. The minimum Gasteiger partial charge on any atom is -0.368 e. The lowest BCUT2D eigenvalue weighted by atomic mass is 10.1. The number of aromatic nitrogens is 4. The van der Waals surface area contributed by atoms with E-state index < -0.39 is 0 Å². The van der Waals surface area contributed by atoms with Crippen molar-refractivity contribution in [2.24, 2.45) is 7.05 Å². The van der Waals surface area contributed by atoms with Crippen LogP contribution in [0.25, 0.3) is 22.3 Å². The first-order chi connectivity index (χ1) is 9.19. The smallest absolute Gasteiger partial charge is 0.222 e. The maximum atomic E-state index is 10.8. The summed E-state index contributed by atoms with van der Waals surface area (Å²) in [6, 6.07) is 7.24. The van der Waals surface area contributed by atoms with E-state index in [1.807, 2.05) is 12.1 Å². The van der Waals surface area contributed by atoms with Crippen molar-refractivity contribution in [1.82, 2.24) is 19.7 Å². The average Bonchev–Trinajstić information content (AvgIpc) is 2.76. The lowest BCUT2D eigenvalue weighted by Crippen LogP contribution is -1.97. The van der Waals surface area contributed by atoms with Crippen LogP contribution in [0.5, 0.6) is 0 Å². The number of hydrogen-bond acceptors (Lipinski definition) is 5. The molecule has 0 spiro atoms. The Bertz CT molecular complexity index is 778. The van der Waals surface area contributed by atoms with E-state index in [0.29, 0.717) is 11.2 Å². The van der Waals surface area contributed by atoms with Gasteiger partial charge in [0.05, 0.1) is 5.39 Å². The lowest BCUT2D eigenvalue weighted by Gasteiger charge is -1.98. The van der Waals surface area contributed by atoms with E-state index in [-0.39, 0.29) is 5.95 Å². The fraction of sp³-hybridized carbons (Fsp3) is 0.0769. The third-order valence-electron chi connectivity index (χ3n) is 2.90. The predicted octanol–water partition coefficient (Wildman–Crippen LogP) is 1.42. The molecule has 3 rings (SSSR count). The maximum absolute atomic E-state index is 10.8. The Morgan fingerprint density at radius 3 is 3.00 bits per heavy atom. The number of rotatable bonds is 2. The molecule has 2 N–H and O–H groups in total. The first-order valence-electron chi connectivity index (χ1n) is 5.70. The van der Waals surface area contributed by atoms with E-state index in [1.165, 1.54) is 0 Å². The molecule has 0 saturated carbocycles. The van der Waals surface area contributed by atoms with Gasteiger partial charge in [-0.3, -0.25) is 4.79 Å². The number of carbonyl (C=O) groups excluding carboxylic acids is 1. The Morgan fingerprint density at radius 2 is 2.21 bits per heavy atom. The predicted molar refractivity (Wildman–Crippen MR) is 71.5 cm³/mol. The zero-order valence-electron chi connectivity index (χ0n) is 10.2. The van der Waals surface area contributed by atoms with Crippen LogP contribution in [0.3, 0.4) is 0 Å². The van der Waals surface area contributed by atoms with E-state index in [9.17, 15) is 4.79 Å². The molecule has 2 heterocycles. The molecule has 94 valence electrons. The molecule has 0 atom stereocenters. The standard InChI is InChI=1S/C13H11N5O/c1-18-12-10(6-15-13(14)16-12)11(17-18)9-4-2-3-8(5-9)7-19/h2-7H,1H3,(H2,14,15,16). The van der Waals surface area contributed by atoms with Gasteiger partial charge in [-0.15, -0.1) is 0 Å². The highest BCUT2D eigenvalue weighted by molar-refractivity contribution is 5.92. The van der Waals surface area contributed by atoms with Crippen LogP contribution >= 0.6 is 0 Å². The van der Waals surface area contributed by atoms with Crippen LogP contribution in [0.15, 0.2) is 30.5 Å². The van der Waals surface area contributed by atoms with Gasteiger partial charge in [0, 0.05) is 24.4 Å². The summed E-state index contributed by atoms with van der Waals surface area (Å²) in [5, 5.41) is 5.22. The molecule has 19 heavy (non-hydrogen) atoms. The van der Waals surface area contributed by atoms with E-state index >= 15 is 0 Å². The summed E-state index contributed by atoms with van der Waals surface area (Å²) in [4.78, 5) is 19.0. The molecular weight excluding hydrogens is 242 g/mol. The monoisotopic (exact) mass is 253 g/mol. The van der Waals surface area contributed by atoms with Crippen LogP contribution in [-0.2, 0) is 7.05 Å². The number of fused-ring (bicyclic) bond motifs is 1. The zero-order valence-corrected chi connectivity index (χ0v) is 10.2. The molecule has 6 nitrogen and oxygen atoms in total. The summed E-state index contributed by atoms with van der Waals surface area (Å²) < 4.78 is 1.65. The molecule has 0 bridgehead atoms. The summed E-state index contributed by atoms with van der Waals surface area (Å²) in [5.41, 5.74) is 8.43. The van der Waals surface area contributed by atoms with Crippen molar-refractivity contribution in [3.8, 4) is 11.3 Å². The highest BCUT2D eigenvalue weighted by Gasteiger charge is 2.12. The van der Waals surface area contributed by atoms with Gasteiger partial charge in [-0.2, -0.15) is 10.1 Å². The molecular formula is C13H11N5O. The highest BCUT2D eigenvalue weighted by atomic mass is 16.1. The van der Waals surface area contributed by atoms with Gasteiger partial charge in [-0.05, 0) is 6.07 Å².